The Balaban J connectivity index is 1.71. The Labute approximate surface area is 207 Å². The van der Waals surface area contributed by atoms with Crippen molar-refractivity contribution in [3.05, 3.63) is 89.5 Å². The molecule has 4 aromatic rings. The highest BCUT2D eigenvalue weighted by Crippen LogP contribution is 2.43. The summed E-state index contributed by atoms with van der Waals surface area (Å²) < 4.78 is 11.3. The molecule has 3 aromatic carbocycles. The zero-order valence-corrected chi connectivity index (χ0v) is 19.9. The van der Waals surface area contributed by atoms with E-state index in [-0.39, 0.29) is 17.3 Å². The fourth-order valence-electron chi connectivity index (χ4n) is 4.43. The van der Waals surface area contributed by atoms with Crippen LogP contribution in [0.3, 0.4) is 0 Å². The predicted molar refractivity (Wildman–Crippen MR) is 136 cm³/mol. The van der Waals surface area contributed by atoms with Crippen LogP contribution in [0.1, 0.15) is 31.0 Å². The summed E-state index contributed by atoms with van der Waals surface area (Å²) in [6.45, 7) is 4.49. The van der Waals surface area contributed by atoms with E-state index >= 15 is 0 Å². The summed E-state index contributed by atoms with van der Waals surface area (Å²) in [7, 11) is 0. The van der Waals surface area contributed by atoms with Gasteiger partial charge >= 0.3 is 5.91 Å². The van der Waals surface area contributed by atoms with Gasteiger partial charge in [-0.05, 0) is 43.7 Å². The average molecular weight is 484 g/mol. The van der Waals surface area contributed by atoms with Crippen LogP contribution in [0.25, 0.3) is 16.8 Å². The lowest BCUT2D eigenvalue weighted by Gasteiger charge is -2.23. The molecule has 1 unspecified atom stereocenters. The molecule has 1 aliphatic heterocycles. The van der Waals surface area contributed by atoms with Crippen molar-refractivity contribution < 1.29 is 24.2 Å². The summed E-state index contributed by atoms with van der Waals surface area (Å²) >= 11 is 0. The van der Waals surface area contributed by atoms with E-state index < -0.39 is 17.7 Å². The summed E-state index contributed by atoms with van der Waals surface area (Å²) in [5, 5.41) is 11.5. The molecule has 8 heteroatoms. The molecule has 2 N–H and O–H groups in total. The lowest BCUT2D eigenvalue weighted by atomic mass is 9.95. The number of Topliss-reactive ketones (excluding diaryl/α,β-unsaturated/α-hetero) is 1. The molecule has 1 amide bonds. The number of hydrogen-bond acceptors (Lipinski definition) is 6. The van der Waals surface area contributed by atoms with E-state index in [9.17, 15) is 14.7 Å². The number of aliphatic hydroxyl groups excluding tert-OH is 1. The minimum absolute atomic E-state index is 0.0447. The number of amides is 1. The first-order valence-electron chi connectivity index (χ1n) is 11.7. The van der Waals surface area contributed by atoms with E-state index in [2.05, 4.69) is 9.97 Å². The number of aromatic nitrogens is 2. The molecule has 1 aliphatic rings. The van der Waals surface area contributed by atoms with Crippen LogP contribution >= 0.6 is 0 Å². The number of nitrogens with zero attached hydrogens (tertiary/aromatic N) is 2. The van der Waals surface area contributed by atoms with Crippen LogP contribution < -0.4 is 14.4 Å². The zero-order chi connectivity index (χ0) is 25.2. The number of aliphatic hydroxyl groups is 1. The fraction of sp³-hybridized carbons (Fsp3) is 0.179. The van der Waals surface area contributed by atoms with Gasteiger partial charge in [0.25, 0.3) is 5.78 Å². The summed E-state index contributed by atoms with van der Waals surface area (Å²) in [6.07, 6.45) is 0. The molecule has 8 nitrogen and oxygen atoms in total. The first kappa shape index (κ1) is 23.2. The van der Waals surface area contributed by atoms with Gasteiger partial charge in [-0.3, -0.25) is 14.5 Å². The third-order valence-corrected chi connectivity index (χ3v) is 5.98. The highest BCUT2D eigenvalue weighted by atomic mass is 16.5. The molecular weight excluding hydrogens is 458 g/mol. The van der Waals surface area contributed by atoms with Gasteiger partial charge in [0.15, 0.2) is 0 Å². The monoisotopic (exact) mass is 483 g/mol. The molecule has 182 valence electrons. The maximum Gasteiger partial charge on any atom is 0.302 e. The molecule has 2 heterocycles. The maximum atomic E-state index is 13.4. The number of nitrogens with one attached hydrogen (secondary N) is 1. The van der Waals surface area contributed by atoms with Crippen LogP contribution in [0.2, 0.25) is 0 Å². The van der Waals surface area contributed by atoms with E-state index in [1.807, 2.05) is 56.3 Å². The van der Waals surface area contributed by atoms with Crippen molar-refractivity contribution in [1.82, 2.24) is 9.97 Å². The van der Waals surface area contributed by atoms with Crippen molar-refractivity contribution in [2.24, 2.45) is 0 Å². The van der Waals surface area contributed by atoms with Crippen LogP contribution in [0, 0.1) is 0 Å². The second-order valence-corrected chi connectivity index (χ2v) is 8.18. The van der Waals surface area contributed by atoms with Crippen molar-refractivity contribution in [2.45, 2.75) is 19.9 Å². The predicted octanol–water partition coefficient (Wildman–Crippen LogP) is 4.99. The number of rotatable bonds is 7. The number of ether oxygens (including phenoxy) is 2. The number of para-hydroxylation sites is 2. The molecule has 0 radical (unpaired) electrons. The van der Waals surface area contributed by atoms with Crippen LogP contribution in [-0.2, 0) is 9.59 Å². The molecule has 0 spiro atoms. The normalized spacial score (nSPS) is 17.1. The average Bonchev–Trinajstić information content (AvgIpc) is 3.43. The van der Waals surface area contributed by atoms with Gasteiger partial charge in [0.05, 0.1) is 41.4 Å². The Bertz CT molecular complexity index is 1440. The van der Waals surface area contributed by atoms with E-state index in [1.54, 1.807) is 30.3 Å². The van der Waals surface area contributed by atoms with Crippen molar-refractivity contribution >= 4 is 34.4 Å². The number of carbonyl (C=O) groups excluding carboxylic acids is 2. The summed E-state index contributed by atoms with van der Waals surface area (Å²) in [5.41, 5.74) is 2.29. The van der Waals surface area contributed by atoms with Crippen molar-refractivity contribution in [1.29, 1.82) is 0 Å². The van der Waals surface area contributed by atoms with Gasteiger partial charge in [0.2, 0.25) is 5.95 Å². The molecule has 5 rings (SSSR count). The Hall–Kier alpha value is -4.59. The van der Waals surface area contributed by atoms with Crippen molar-refractivity contribution in [3.8, 4) is 11.5 Å². The number of benzene rings is 3. The molecule has 0 aliphatic carbocycles. The Kier molecular flexibility index (Phi) is 6.16. The van der Waals surface area contributed by atoms with E-state index in [1.165, 1.54) is 4.90 Å². The second-order valence-electron chi connectivity index (χ2n) is 8.18. The van der Waals surface area contributed by atoms with Crippen molar-refractivity contribution in [2.75, 3.05) is 18.1 Å². The maximum absolute atomic E-state index is 13.4. The lowest BCUT2D eigenvalue weighted by Crippen LogP contribution is -2.30. The number of anilines is 1. The number of aromatic amines is 1. The summed E-state index contributed by atoms with van der Waals surface area (Å²) in [5.74, 6) is -0.774. The van der Waals surface area contributed by atoms with E-state index in [4.69, 9.17) is 9.47 Å². The van der Waals surface area contributed by atoms with Crippen molar-refractivity contribution in [3.63, 3.8) is 0 Å². The molecular formula is C28H25N3O5. The molecule has 1 atom stereocenters. The number of carbonyl (C=O) groups is 2. The molecule has 36 heavy (non-hydrogen) atoms. The van der Waals surface area contributed by atoms with Crippen LogP contribution in [0.4, 0.5) is 5.95 Å². The van der Waals surface area contributed by atoms with E-state index in [0.29, 0.717) is 41.4 Å². The first-order chi connectivity index (χ1) is 17.5. The van der Waals surface area contributed by atoms with Crippen LogP contribution in [0.15, 0.2) is 78.4 Å². The molecule has 1 aromatic heterocycles. The quantitative estimate of drug-likeness (QED) is 0.218. The summed E-state index contributed by atoms with van der Waals surface area (Å²) in [4.78, 5) is 35.8. The van der Waals surface area contributed by atoms with Gasteiger partial charge in [-0.25, -0.2) is 4.98 Å². The Morgan fingerprint density at radius 2 is 1.69 bits per heavy atom. The highest BCUT2D eigenvalue weighted by Gasteiger charge is 2.48. The van der Waals surface area contributed by atoms with Crippen LogP contribution in [0.5, 0.6) is 11.5 Å². The summed E-state index contributed by atoms with van der Waals surface area (Å²) in [6, 6.07) is 20.5. The first-order valence-corrected chi connectivity index (χ1v) is 11.7. The SMILES string of the molecule is CCOc1ccc(/C(O)=C2\C(=O)C(=O)N(c3nc4ccccc4[nH]3)C2c2ccccc2)c(OCC)c1. The number of imidazole rings is 1. The van der Waals surface area contributed by atoms with Crippen LogP contribution in [-0.4, -0.2) is 40.0 Å². The van der Waals surface area contributed by atoms with Gasteiger partial charge < -0.3 is 19.6 Å². The third kappa shape index (κ3) is 3.96. The molecule has 0 saturated carbocycles. The van der Waals surface area contributed by atoms with Gasteiger partial charge in [-0.15, -0.1) is 0 Å². The lowest BCUT2D eigenvalue weighted by molar-refractivity contribution is -0.132. The second kappa shape index (κ2) is 9.58. The number of H-pyrrole nitrogens is 1. The Morgan fingerprint density at radius 3 is 2.42 bits per heavy atom. The highest BCUT2D eigenvalue weighted by molar-refractivity contribution is 6.51. The minimum Gasteiger partial charge on any atom is -0.507 e. The number of ketones is 1. The zero-order valence-electron chi connectivity index (χ0n) is 19.9. The number of fused-ring (bicyclic) bond motifs is 1. The largest absolute Gasteiger partial charge is 0.507 e. The van der Waals surface area contributed by atoms with E-state index in [0.717, 1.165) is 5.52 Å². The molecule has 1 fully saturated rings. The topological polar surface area (TPSA) is 105 Å². The standard InChI is InChI=1S/C28H25N3O5/c1-3-35-18-14-15-19(22(16-18)36-4-2)25(32)23-24(17-10-6-5-7-11-17)31(27(34)26(23)33)28-29-20-12-8-9-13-21(20)30-28/h5-16,24,32H,3-4H2,1-2H3,(H,29,30)/b25-23+. The fourth-order valence-corrected chi connectivity index (χ4v) is 4.43. The minimum atomic E-state index is -0.896. The number of hydrogen-bond donors (Lipinski definition) is 2. The third-order valence-electron chi connectivity index (χ3n) is 5.98. The molecule has 1 saturated heterocycles. The molecule has 0 bridgehead atoms. The Morgan fingerprint density at radius 1 is 0.972 bits per heavy atom. The van der Waals surface area contributed by atoms with Gasteiger partial charge in [-0.2, -0.15) is 0 Å². The van der Waals surface area contributed by atoms with Gasteiger partial charge in [0, 0.05) is 6.07 Å². The smallest absolute Gasteiger partial charge is 0.302 e. The van der Waals surface area contributed by atoms with Gasteiger partial charge in [0.1, 0.15) is 17.3 Å². The van der Waals surface area contributed by atoms with Gasteiger partial charge in [-0.1, -0.05) is 42.5 Å².